The highest BCUT2D eigenvalue weighted by Gasteiger charge is 2.37. The van der Waals surface area contributed by atoms with Crippen molar-refractivity contribution in [2.24, 2.45) is 0 Å². The number of aryl methyl sites for hydroxylation is 1. The first-order valence-electron chi connectivity index (χ1n) is 9.89. The van der Waals surface area contributed by atoms with Gasteiger partial charge < -0.3 is 10.1 Å². The van der Waals surface area contributed by atoms with Gasteiger partial charge in [0.15, 0.2) is 0 Å². The van der Waals surface area contributed by atoms with Crippen LogP contribution >= 0.6 is 11.6 Å². The van der Waals surface area contributed by atoms with Crippen molar-refractivity contribution in [3.8, 4) is 5.75 Å². The van der Waals surface area contributed by atoms with E-state index in [2.05, 4.69) is 5.32 Å². The number of nitrogens with one attached hydrogen (secondary N) is 1. The summed E-state index contributed by atoms with van der Waals surface area (Å²) in [5.41, 5.74) is 2.52. The third-order valence-corrected chi connectivity index (χ3v) is 5.33. The molecule has 2 amide bonds. The van der Waals surface area contributed by atoms with Crippen LogP contribution in [0.3, 0.4) is 0 Å². The Bertz CT molecular complexity index is 1220. The van der Waals surface area contributed by atoms with Crippen LogP contribution in [0.4, 0.5) is 5.69 Å². The van der Waals surface area contributed by atoms with E-state index in [0.717, 1.165) is 16.0 Å². The van der Waals surface area contributed by atoms with Gasteiger partial charge in [0.2, 0.25) is 0 Å². The predicted molar refractivity (Wildman–Crippen MR) is 121 cm³/mol. The Morgan fingerprint density at radius 3 is 2.25 bits per heavy atom. The number of esters is 1. The molecule has 7 heteroatoms. The number of carbonyl (C=O) groups excluding carboxylic acids is 3. The van der Waals surface area contributed by atoms with E-state index in [-0.39, 0.29) is 17.3 Å². The van der Waals surface area contributed by atoms with Crippen LogP contribution in [0.5, 0.6) is 5.75 Å². The Morgan fingerprint density at radius 2 is 1.56 bits per heavy atom. The molecule has 3 aromatic carbocycles. The van der Waals surface area contributed by atoms with Crippen LogP contribution in [0.2, 0.25) is 0 Å². The smallest absolute Gasteiger partial charge is 0.343 e. The van der Waals surface area contributed by atoms with E-state index in [1.165, 1.54) is 0 Å². The highest BCUT2D eigenvalue weighted by Crippen LogP contribution is 2.27. The van der Waals surface area contributed by atoms with Gasteiger partial charge in [0.05, 0.1) is 12.1 Å². The van der Waals surface area contributed by atoms with Crippen LogP contribution in [0.15, 0.2) is 89.6 Å². The molecule has 0 saturated carbocycles. The molecular weight excluding hydrogens is 428 g/mol. The van der Waals surface area contributed by atoms with Gasteiger partial charge in [0.1, 0.15) is 16.5 Å². The molecule has 1 heterocycles. The summed E-state index contributed by atoms with van der Waals surface area (Å²) >= 11 is 6.15. The second-order valence-corrected chi connectivity index (χ2v) is 7.61. The molecule has 0 fully saturated rings. The van der Waals surface area contributed by atoms with Gasteiger partial charge in [-0.25, -0.2) is 4.79 Å². The lowest BCUT2D eigenvalue weighted by Crippen LogP contribution is -2.31. The van der Waals surface area contributed by atoms with E-state index in [4.69, 9.17) is 16.3 Å². The number of hydrogen-bond donors (Lipinski definition) is 1. The van der Waals surface area contributed by atoms with Crippen LogP contribution in [0, 0.1) is 6.92 Å². The lowest BCUT2D eigenvalue weighted by molar-refractivity contribution is -0.138. The highest BCUT2D eigenvalue weighted by molar-refractivity contribution is 6.48. The van der Waals surface area contributed by atoms with Crippen molar-refractivity contribution >= 4 is 35.1 Å². The maximum atomic E-state index is 12.8. The Labute approximate surface area is 190 Å². The number of amides is 2. The minimum Gasteiger partial charge on any atom is -0.423 e. The Hall–Kier alpha value is -3.90. The van der Waals surface area contributed by atoms with Crippen LogP contribution in [0.1, 0.15) is 21.5 Å². The summed E-state index contributed by atoms with van der Waals surface area (Å²) in [6.07, 6.45) is 0. The predicted octanol–water partition coefficient (Wildman–Crippen LogP) is 4.65. The van der Waals surface area contributed by atoms with Crippen molar-refractivity contribution in [3.63, 3.8) is 0 Å². The van der Waals surface area contributed by atoms with Gasteiger partial charge in [-0.2, -0.15) is 0 Å². The first-order valence-corrected chi connectivity index (χ1v) is 10.3. The van der Waals surface area contributed by atoms with Crippen molar-refractivity contribution < 1.29 is 19.1 Å². The molecule has 3 aromatic rings. The Morgan fingerprint density at radius 1 is 0.906 bits per heavy atom. The number of benzene rings is 3. The largest absolute Gasteiger partial charge is 0.423 e. The molecule has 0 atom stereocenters. The lowest BCUT2D eigenvalue weighted by atomic mass is 10.2. The molecule has 0 spiro atoms. The van der Waals surface area contributed by atoms with Gasteiger partial charge in [-0.1, -0.05) is 60.1 Å². The highest BCUT2D eigenvalue weighted by atomic mass is 35.5. The fraction of sp³-hybridized carbons (Fsp3) is 0.0800. The molecule has 0 bridgehead atoms. The van der Waals surface area contributed by atoms with E-state index >= 15 is 0 Å². The Kier molecular flexibility index (Phi) is 6.05. The zero-order valence-corrected chi connectivity index (χ0v) is 17.9. The van der Waals surface area contributed by atoms with Crippen LogP contribution in [0.25, 0.3) is 0 Å². The minimum atomic E-state index is -0.554. The summed E-state index contributed by atoms with van der Waals surface area (Å²) in [6.45, 7) is 1.98. The number of hydrogen-bond acceptors (Lipinski definition) is 5. The van der Waals surface area contributed by atoms with Gasteiger partial charge in [-0.05, 0) is 48.4 Å². The quantitative estimate of drug-likeness (QED) is 0.339. The summed E-state index contributed by atoms with van der Waals surface area (Å²) < 4.78 is 5.43. The maximum absolute atomic E-state index is 12.8. The van der Waals surface area contributed by atoms with E-state index in [1.807, 2.05) is 49.4 Å². The molecular formula is C25H19ClN2O4. The normalized spacial score (nSPS) is 13.5. The average molecular weight is 447 g/mol. The molecule has 6 nitrogen and oxygen atoms in total. The van der Waals surface area contributed by atoms with E-state index in [1.54, 1.807) is 36.4 Å². The molecule has 32 heavy (non-hydrogen) atoms. The molecule has 1 aliphatic rings. The summed E-state index contributed by atoms with van der Waals surface area (Å²) in [7, 11) is 0. The van der Waals surface area contributed by atoms with Gasteiger partial charge >= 0.3 is 5.97 Å². The van der Waals surface area contributed by atoms with Gasteiger partial charge in [0.25, 0.3) is 11.8 Å². The van der Waals surface area contributed by atoms with Crippen LogP contribution < -0.4 is 10.1 Å². The summed E-state index contributed by atoms with van der Waals surface area (Å²) in [6, 6.07) is 22.8. The summed E-state index contributed by atoms with van der Waals surface area (Å²) in [5, 5.41) is 2.72. The number of carbonyl (C=O) groups is 3. The zero-order chi connectivity index (χ0) is 22.7. The third kappa shape index (κ3) is 4.40. The van der Waals surface area contributed by atoms with Gasteiger partial charge in [0, 0.05) is 5.69 Å². The van der Waals surface area contributed by atoms with Crippen molar-refractivity contribution in [1.82, 2.24) is 4.90 Å². The molecule has 1 N–H and O–H groups in total. The number of ether oxygens (including phenoxy) is 1. The molecule has 0 unspecified atom stereocenters. The number of anilines is 1. The molecule has 0 aliphatic carbocycles. The third-order valence-electron chi connectivity index (χ3n) is 4.98. The summed E-state index contributed by atoms with van der Waals surface area (Å²) in [5.74, 6) is -1.07. The number of nitrogens with zero attached hydrogens (tertiary/aromatic N) is 1. The fourth-order valence-corrected chi connectivity index (χ4v) is 3.46. The zero-order valence-electron chi connectivity index (χ0n) is 17.2. The van der Waals surface area contributed by atoms with E-state index in [0.29, 0.717) is 17.0 Å². The van der Waals surface area contributed by atoms with Crippen molar-refractivity contribution in [1.29, 1.82) is 0 Å². The number of rotatable bonds is 6. The summed E-state index contributed by atoms with van der Waals surface area (Å²) in [4.78, 5) is 38.7. The van der Waals surface area contributed by atoms with Crippen molar-refractivity contribution in [2.45, 2.75) is 13.5 Å². The standard InChI is InChI=1S/C25H19ClN2O4/c1-16-7-5-6-10-20(16)32-25(31)18-11-13-19(14-12-18)27-22-21(26)23(29)28(24(22)30)15-17-8-3-2-4-9-17/h2-14,27H,15H2,1H3. The number of para-hydroxylation sites is 1. The lowest BCUT2D eigenvalue weighted by Gasteiger charge is -2.15. The van der Waals surface area contributed by atoms with Crippen molar-refractivity contribution in [2.75, 3.05) is 5.32 Å². The monoisotopic (exact) mass is 446 g/mol. The van der Waals surface area contributed by atoms with Crippen LogP contribution in [-0.2, 0) is 16.1 Å². The second kappa shape index (κ2) is 9.08. The molecule has 0 aromatic heterocycles. The van der Waals surface area contributed by atoms with Gasteiger partial charge in [-0.3, -0.25) is 14.5 Å². The molecule has 4 rings (SSSR count). The minimum absolute atomic E-state index is 0.00262. The number of halogens is 1. The fourth-order valence-electron chi connectivity index (χ4n) is 3.23. The first-order chi connectivity index (χ1) is 15.4. The molecule has 0 radical (unpaired) electrons. The second-order valence-electron chi connectivity index (χ2n) is 7.23. The number of imide groups is 1. The maximum Gasteiger partial charge on any atom is 0.343 e. The SMILES string of the molecule is Cc1ccccc1OC(=O)c1ccc(NC2=C(Cl)C(=O)N(Cc3ccccc3)C2=O)cc1. The van der Waals surface area contributed by atoms with E-state index < -0.39 is 17.8 Å². The van der Waals surface area contributed by atoms with Crippen LogP contribution in [-0.4, -0.2) is 22.7 Å². The molecule has 0 saturated heterocycles. The van der Waals surface area contributed by atoms with E-state index in [9.17, 15) is 14.4 Å². The molecule has 160 valence electrons. The molecule has 1 aliphatic heterocycles. The topological polar surface area (TPSA) is 75.7 Å². The van der Waals surface area contributed by atoms with Crippen molar-refractivity contribution in [3.05, 3.63) is 106 Å². The van der Waals surface area contributed by atoms with Gasteiger partial charge in [-0.15, -0.1) is 0 Å². The average Bonchev–Trinajstić information content (AvgIpc) is 3.00. The Balaban J connectivity index is 1.45. The first kappa shape index (κ1) is 21.3.